The second kappa shape index (κ2) is 13.8. The number of benzene rings is 1. The highest BCUT2D eigenvalue weighted by Gasteiger charge is 2.32. The summed E-state index contributed by atoms with van der Waals surface area (Å²) < 4.78 is 43.2. The lowest BCUT2D eigenvalue weighted by Gasteiger charge is -2.36. The van der Waals surface area contributed by atoms with Crippen molar-refractivity contribution in [3.8, 4) is 0 Å². The molecular weight excluding hydrogens is 633 g/mol. The summed E-state index contributed by atoms with van der Waals surface area (Å²) in [5, 5.41) is 8.65. The number of carbonyl (C=O) groups is 2. The standard InChI is InChI=1S/C28H34ClF3N10O4/c1-6-21-23(39-9-11-40(12-10-39)25(45)18-14-38(5)36-24(18)44)26(46)42(33-2)27(34-16-37(3)4)41(21)15-22(43)35-20-8-7-17(13-19(20)29)28(30,31)32/h7-8,13-14H,2,6,9-12,15-16H2,1,3-5H3,(H,35,43)(H,36,44)/b34-27-. The number of H-pyrrole nitrogens is 1. The lowest BCUT2D eigenvalue weighted by Crippen LogP contribution is -2.53. The van der Waals surface area contributed by atoms with E-state index in [-0.39, 0.29) is 66.8 Å². The van der Waals surface area contributed by atoms with Gasteiger partial charge >= 0.3 is 6.18 Å². The molecule has 0 saturated carbocycles. The fourth-order valence-corrected chi connectivity index (χ4v) is 5.32. The predicted octanol–water partition coefficient (Wildman–Crippen LogP) is 1.40. The largest absolute Gasteiger partial charge is 0.416 e. The molecule has 1 aliphatic heterocycles. The third-order valence-corrected chi connectivity index (χ3v) is 7.54. The molecule has 1 aliphatic rings. The van der Waals surface area contributed by atoms with Crippen LogP contribution in [0.1, 0.15) is 28.5 Å². The highest BCUT2D eigenvalue weighted by atomic mass is 35.5. The van der Waals surface area contributed by atoms with Crippen LogP contribution in [-0.2, 0) is 31.0 Å². The van der Waals surface area contributed by atoms with E-state index in [1.807, 2.05) is 0 Å². The minimum absolute atomic E-state index is 0.00673. The second-order valence-corrected chi connectivity index (χ2v) is 11.2. The van der Waals surface area contributed by atoms with E-state index in [0.29, 0.717) is 5.69 Å². The molecular formula is C28H34ClF3N10O4. The molecule has 0 aliphatic carbocycles. The van der Waals surface area contributed by atoms with E-state index in [1.165, 1.54) is 20.3 Å². The summed E-state index contributed by atoms with van der Waals surface area (Å²) in [7, 11) is 5.12. The van der Waals surface area contributed by atoms with Crippen LogP contribution in [0.25, 0.3) is 0 Å². The zero-order valence-electron chi connectivity index (χ0n) is 25.7. The summed E-state index contributed by atoms with van der Waals surface area (Å²) in [5.41, 5.74) is -1.33. The monoisotopic (exact) mass is 666 g/mol. The quantitative estimate of drug-likeness (QED) is 0.331. The van der Waals surface area contributed by atoms with Crippen LogP contribution >= 0.6 is 11.6 Å². The van der Waals surface area contributed by atoms with Gasteiger partial charge < -0.3 is 19.7 Å². The molecule has 2 aromatic heterocycles. The zero-order valence-corrected chi connectivity index (χ0v) is 26.4. The topological polar surface area (TPSA) is 145 Å². The number of halogens is 4. The molecule has 4 rings (SSSR count). The number of nitrogens with zero attached hydrogens (tertiary/aromatic N) is 8. The Kier molecular flexibility index (Phi) is 10.3. The van der Waals surface area contributed by atoms with E-state index < -0.39 is 41.2 Å². The Bertz CT molecular complexity index is 1830. The summed E-state index contributed by atoms with van der Waals surface area (Å²) in [4.78, 5) is 61.9. The maximum atomic E-state index is 13.9. The Balaban J connectivity index is 1.71. The van der Waals surface area contributed by atoms with Crippen molar-refractivity contribution in [1.29, 1.82) is 0 Å². The molecule has 1 saturated heterocycles. The van der Waals surface area contributed by atoms with Gasteiger partial charge in [-0.25, -0.2) is 4.99 Å². The first-order valence-electron chi connectivity index (χ1n) is 14.1. The van der Waals surface area contributed by atoms with Crippen molar-refractivity contribution < 1.29 is 22.8 Å². The first kappa shape index (κ1) is 34.2. The molecule has 0 radical (unpaired) electrons. The summed E-state index contributed by atoms with van der Waals surface area (Å²) in [6, 6.07) is 2.59. The number of alkyl halides is 3. The van der Waals surface area contributed by atoms with E-state index in [0.717, 1.165) is 22.9 Å². The van der Waals surface area contributed by atoms with E-state index in [9.17, 15) is 32.3 Å². The van der Waals surface area contributed by atoms with Crippen LogP contribution in [0.2, 0.25) is 5.02 Å². The lowest BCUT2D eigenvalue weighted by molar-refractivity contribution is -0.137. The maximum Gasteiger partial charge on any atom is 0.416 e. The Morgan fingerprint density at radius 3 is 2.35 bits per heavy atom. The first-order chi connectivity index (χ1) is 21.7. The van der Waals surface area contributed by atoms with Gasteiger partial charge in [0.25, 0.3) is 17.0 Å². The average molecular weight is 667 g/mol. The number of aromatic nitrogens is 4. The zero-order chi connectivity index (χ0) is 33.9. The van der Waals surface area contributed by atoms with Crippen LogP contribution in [0.3, 0.4) is 0 Å². The van der Waals surface area contributed by atoms with Gasteiger partial charge in [-0.3, -0.25) is 33.9 Å². The normalized spacial score (nSPS) is 14.2. The predicted molar refractivity (Wildman–Crippen MR) is 166 cm³/mol. The molecule has 2 amide bonds. The van der Waals surface area contributed by atoms with Gasteiger partial charge in [0, 0.05) is 46.1 Å². The van der Waals surface area contributed by atoms with Gasteiger partial charge in [0.05, 0.1) is 28.6 Å². The number of anilines is 2. The Hall–Kier alpha value is -4.64. The molecule has 2 N–H and O–H groups in total. The highest BCUT2D eigenvalue weighted by Crippen LogP contribution is 2.33. The molecule has 1 aromatic carbocycles. The minimum Gasteiger partial charge on any atom is -0.362 e. The van der Waals surface area contributed by atoms with Crippen molar-refractivity contribution in [2.24, 2.45) is 17.1 Å². The fourth-order valence-electron chi connectivity index (χ4n) is 5.09. The van der Waals surface area contributed by atoms with Crippen LogP contribution < -0.4 is 27.0 Å². The van der Waals surface area contributed by atoms with Crippen molar-refractivity contribution in [2.45, 2.75) is 26.1 Å². The molecule has 248 valence electrons. The highest BCUT2D eigenvalue weighted by molar-refractivity contribution is 6.33. The molecule has 0 spiro atoms. The summed E-state index contributed by atoms with van der Waals surface area (Å²) in [6.45, 7) is 5.94. The van der Waals surface area contributed by atoms with E-state index in [1.54, 1.807) is 37.9 Å². The minimum atomic E-state index is -4.61. The number of aryl methyl sites for hydroxylation is 1. The summed E-state index contributed by atoms with van der Waals surface area (Å²) in [5.74, 6) is -1.08. The number of hydrogen-bond acceptors (Lipinski definition) is 8. The van der Waals surface area contributed by atoms with E-state index >= 15 is 0 Å². The van der Waals surface area contributed by atoms with Crippen LogP contribution in [0.5, 0.6) is 0 Å². The van der Waals surface area contributed by atoms with Gasteiger partial charge in [-0.15, -0.1) is 0 Å². The number of nitrogens with one attached hydrogen (secondary N) is 2. The summed E-state index contributed by atoms with van der Waals surface area (Å²) >= 11 is 6.07. The molecule has 18 heteroatoms. The maximum absolute atomic E-state index is 13.9. The molecule has 3 aromatic rings. The molecule has 1 fully saturated rings. The third kappa shape index (κ3) is 7.25. The Morgan fingerprint density at radius 2 is 1.83 bits per heavy atom. The van der Waals surface area contributed by atoms with Crippen LogP contribution in [0, 0.1) is 0 Å². The molecule has 3 heterocycles. The van der Waals surface area contributed by atoms with Gasteiger partial charge in [-0.2, -0.15) is 22.9 Å². The Labute approximate surface area is 266 Å². The number of hydrogen-bond donors (Lipinski definition) is 2. The number of aromatic amines is 1. The molecule has 14 nitrogen and oxygen atoms in total. The first-order valence-corrected chi connectivity index (χ1v) is 14.5. The number of carbonyl (C=O) groups excluding carboxylic acids is 2. The number of amides is 2. The van der Waals surface area contributed by atoms with Crippen LogP contribution in [0.4, 0.5) is 24.5 Å². The van der Waals surface area contributed by atoms with Crippen molar-refractivity contribution >= 4 is 41.5 Å². The van der Waals surface area contributed by atoms with Crippen molar-refractivity contribution in [1.82, 2.24) is 28.8 Å². The number of rotatable bonds is 9. The average Bonchev–Trinajstić information content (AvgIpc) is 3.34. The van der Waals surface area contributed by atoms with Gasteiger partial charge in [-0.05, 0) is 38.7 Å². The van der Waals surface area contributed by atoms with Gasteiger partial charge in [-0.1, -0.05) is 18.5 Å². The van der Waals surface area contributed by atoms with Crippen LogP contribution in [-0.4, -0.2) is 94.3 Å². The fraction of sp³-hybridized carbons (Fsp3) is 0.429. The third-order valence-electron chi connectivity index (χ3n) is 7.23. The van der Waals surface area contributed by atoms with Crippen molar-refractivity contribution in [2.75, 3.05) is 57.2 Å². The van der Waals surface area contributed by atoms with Gasteiger partial charge in [0.1, 0.15) is 17.8 Å². The molecule has 0 atom stereocenters. The van der Waals surface area contributed by atoms with Crippen LogP contribution in [0.15, 0.2) is 44.1 Å². The molecule has 0 bridgehead atoms. The molecule has 0 unspecified atom stereocenters. The second-order valence-electron chi connectivity index (χ2n) is 10.8. The van der Waals surface area contributed by atoms with Crippen molar-refractivity contribution in [3.63, 3.8) is 0 Å². The molecule has 46 heavy (non-hydrogen) atoms. The lowest BCUT2D eigenvalue weighted by atomic mass is 10.2. The van der Waals surface area contributed by atoms with E-state index in [4.69, 9.17) is 11.6 Å². The van der Waals surface area contributed by atoms with Gasteiger partial charge in [0.2, 0.25) is 11.5 Å². The van der Waals surface area contributed by atoms with E-state index in [2.05, 4.69) is 27.2 Å². The summed E-state index contributed by atoms with van der Waals surface area (Å²) in [6.07, 6.45) is -2.91. The SMILES string of the molecule is C=Nn1c(=O)c(N2CCN(C(=O)c3cn(C)[nH]c3=O)CC2)c(CC)n(CC(=O)Nc2ccc(C(F)(F)F)cc2Cl)/c1=N/CN(C)C. The number of piperazine rings is 1. The smallest absolute Gasteiger partial charge is 0.362 e. The van der Waals surface area contributed by atoms with Gasteiger partial charge in [0.15, 0.2) is 0 Å². The van der Waals surface area contributed by atoms with Crippen molar-refractivity contribution in [3.05, 3.63) is 72.6 Å². The Morgan fingerprint density at radius 1 is 1.15 bits per heavy atom.